The molecule has 168 valence electrons. The number of hydrogen-bond acceptors (Lipinski definition) is 3. The lowest BCUT2D eigenvalue weighted by molar-refractivity contribution is -0.118. The molecule has 0 radical (unpaired) electrons. The summed E-state index contributed by atoms with van der Waals surface area (Å²) in [4.78, 5) is 29.4. The fourth-order valence-corrected chi connectivity index (χ4v) is 4.06. The Labute approximate surface area is 200 Å². The molecular formula is C25H21Cl2N3O3. The van der Waals surface area contributed by atoms with Crippen LogP contribution in [0.15, 0.2) is 72.9 Å². The predicted molar refractivity (Wildman–Crippen MR) is 131 cm³/mol. The van der Waals surface area contributed by atoms with Gasteiger partial charge in [0.2, 0.25) is 5.91 Å². The normalized spacial score (nSPS) is 11.7. The zero-order valence-electron chi connectivity index (χ0n) is 17.7. The molecule has 0 saturated heterocycles. The van der Waals surface area contributed by atoms with Gasteiger partial charge in [0.25, 0.3) is 5.91 Å². The fraction of sp³-hybridized carbons (Fsp3) is 0.120. The highest BCUT2D eigenvalue weighted by molar-refractivity contribution is 6.34. The summed E-state index contributed by atoms with van der Waals surface area (Å²) in [6.07, 6.45) is 2.12. The molecule has 0 spiro atoms. The molecule has 2 amide bonds. The smallest absolute Gasteiger partial charge is 0.253 e. The number of halogens is 2. The molecule has 0 bridgehead atoms. The molecule has 4 aromatic rings. The number of ether oxygens (including phenoxy) is 1. The number of nitrogens with one attached hydrogen (secondary N) is 3. The van der Waals surface area contributed by atoms with Crippen LogP contribution in [-0.2, 0) is 11.2 Å². The number of aromatic amines is 1. The van der Waals surface area contributed by atoms with Gasteiger partial charge in [-0.3, -0.25) is 9.59 Å². The van der Waals surface area contributed by atoms with E-state index in [0.29, 0.717) is 27.0 Å². The van der Waals surface area contributed by atoms with Crippen molar-refractivity contribution >= 4 is 51.6 Å². The number of benzene rings is 3. The maximum absolute atomic E-state index is 13.2. The van der Waals surface area contributed by atoms with Crippen molar-refractivity contribution in [2.75, 3.05) is 12.4 Å². The molecule has 0 fully saturated rings. The van der Waals surface area contributed by atoms with Crippen molar-refractivity contribution in [3.05, 3.63) is 94.1 Å². The lowest BCUT2D eigenvalue weighted by Gasteiger charge is -2.19. The number of methoxy groups -OCH3 is 1. The van der Waals surface area contributed by atoms with Gasteiger partial charge in [-0.25, -0.2) is 0 Å². The lowest BCUT2D eigenvalue weighted by atomic mass is 10.0. The van der Waals surface area contributed by atoms with Gasteiger partial charge in [-0.2, -0.15) is 0 Å². The number of amides is 2. The molecule has 0 aliphatic rings. The van der Waals surface area contributed by atoms with Crippen molar-refractivity contribution in [1.82, 2.24) is 10.3 Å². The number of carbonyl (C=O) groups is 2. The van der Waals surface area contributed by atoms with Crippen LogP contribution in [0.4, 0.5) is 5.69 Å². The molecule has 3 N–H and O–H groups in total. The van der Waals surface area contributed by atoms with Crippen LogP contribution in [0, 0.1) is 0 Å². The Morgan fingerprint density at radius 3 is 2.52 bits per heavy atom. The Bertz CT molecular complexity index is 1320. The maximum Gasteiger partial charge on any atom is 0.253 e. The summed E-state index contributed by atoms with van der Waals surface area (Å²) < 4.78 is 5.16. The minimum atomic E-state index is -0.867. The van der Waals surface area contributed by atoms with Crippen molar-refractivity contribution in [2.24, 2.45) is 0 Å². The van der Waals surface area contributed by atoms with E-state index in [0.717, 1.165) is 16.5 Å². The number of aromatic nitrogens is 1. The van der Waals surface area contributed by atoms with Crippen LogP contribution in [0.2, 0.25) is 10.0 Å². The summed E-state index contributed by atoms with van der Waals surface area (Å²) in [7, 11) is 1.51. The van der Waals surface area contributed by atoms with Crippen LogP contribution in [0.25, 0.3) is 10.9 Å². The molecule has 4 rings (SSSR count). The first-order chi connectivity index (χ1) is 16.0. The van der Waals surface area contributed by atoms with Gasteiger partial charge in [0.05, 0.1) is 22.7 Å². The van der Waals surface area contributed by atoms with Crippen LogP contribution in [0.3, 0.4) is 0 Å². The van der Waals surface area contributed by atoms with Gasteiger partial charge >= 0.3 is 0 Å². The standard InChI is InChI=1S/C25H21Cl2N3O3/c1-33-23-11-10-16(13-20(23)27)29-25(32)22(30-24(31)18-7-2-4-8-19(18)26)12-15-14-28-21-9-5-3-6-17(15)21/h2-11,13-14,22,28H,12H2,1H3,(H,29,32)(H,30,31)/t22-/m0/s1. The average Bonchev–Trinajstić information content (AvgIpc) is 3.22. The van der Waals surface area contributed by atoms with Gasteiger partial charge in [0.15, 0.2) is 0 Å². The van der Waals surface area contributed by atoms with Crippen molar-refractivity contribution in [3.63, 3.8) is 0 Å². The van der Waals surface area contributed by atoms with E-state index >= 15 is 0 Å². The monoisotopic (exact) mass is 481 g/mol. The molecule has 1 atom stereocenters. The topological polar surface area (TPSA) is 83.2 Å². The first-order valence-electron chi connectivity index (χ1n) is 10.2. The number of anilines is 1. The molecule has 6 nitrogen and oxygen atoms in total. The molecule has 33 heavy (non-hydrogen) atoms. The number of H-pyrrole nitrogens is 1. The summed E-state index contributed by atoms with van der Waals surface area (Å²) in [5, 5.41) is 7.31. The molecule has 0 unspecified atom stereocenters. The zero-order chi connectivity index (χ0) is 23.4. The van der Waals surface area contributed by atoms with E-state index in [1.807, 2.05) is 30.5 Å². The minimum Gasteiger partial charge on any atom is -0.495 e. The number of hydrogen-bond donors (Lipinski definition) is 3. The lowest BCUT2D eigenvalue weighted by Crippen LogP contribution is -2.45. The van der Waals surface area contributed by atoms with E-state index in [1.54, 1.807) is 42.5 Å². The summed E-state index contributed by atoms with van der Waals surface area (Å²) >= 11 is 12.4. The van der Waals surface area contributed by atoms with Crippen molar-refractivity contribution in [3.8, 4) is 5.75 Å². The molecule has 3 aromatic carbocycles. The van der Waals surface area contributed by atoms with Gasteiger partial charge in [-0.15, -0.1) is 0 Å². The van der Waals surface area contributed by atoms with Crippen LogP contribution >= 0.6 is 23.2 Å². The molecule has 1 heterocycles. The third kappa shape index (κ3) is 5.13. The highest BCUT2D eigenvalue weighted by atomic mass is 35.5. The summed E-state index contributed by atoms with van der Waals surface area (Å²) in [6.45, 7) is 0. The van der Waals surface area contributed by atoms with Crippen LogP contribution in [0.5, 0.6) is 5.75 Å². The van der Waals surface area contributed by atoms with E-state index < -0.39 is 11.9 Å². The number of para-hydroxylation sites is 1. The van der Waals surface area contributed by atoms with Crippen molar-refractivity contribution in [2.45, 2.75) is 12.5 Å². The predicted octanol–water partition coefficient (Wildman–Crippen LogP) is 5.46. The largest absolute Gasteiger partial charge is 0.495 e. The fourth-order valence-electron chi connectivity index (χ4n) is 3.58. The Hall–Kier alpha value is -3.48. The highest BCUT2D eigenvalue weighted by Gasteiger charge is 2.24. The third-order valence-corrected chi connectivity index (χ3v) is 5.88. The minimum absolute atomic E-state index is 0.274. The molecule has 0 aliphatic carbocycles. The second kappa shape index (κ2) is 9.98. The Morgan fingerprint density at radius 2 is 1.76 bits per heavy atom. The summed E-state index contributed by atoms with van der Waals surface area (Å²) in [5.41, 5.74) is 2.63. The Balaban J connectivity index is 1.61. The molecule has 0 aliphatic heterocycles. The maximum atomic E-state index is 13.2. The quantitative estimate of drug-likeness (QED) is 0.327. The zero-order valence-corrected chi connectivity index (χ0v) is 19.2. The summed E-state index contributed by atoms with van der Waals surface area (Å²) in [6, 6.07) is 18.5. The average molecular weight is 482 g/mol. The molecule has 1 aromatic heterocycles. The highest BCUT2D eigenvalue weighted by Crippen LogP contribution is 2.27. The second-order valence-corrected chi connectivity index (χ2v) is 8.22. The molecule has 0 saturated carbocycles. The Morgan fingerprint density at radius 1 is 1.00 bits per heavy atom. The number of fused-ring (bicyclic) bond motifs is 1. The van der Waals surface area contributed by atoms with E-state index in [9.17, 15) is 9.59 Å². The van der Waals surface area contributed by atoms with E-state index in [-0.39, 0.29) is 12.3 Å². The van der Waals surface area contributed by atoms with Gasteiger partial charge in [-0.1, -0.05) is 53.5 Å². The van der Waals surface area contributed by atoms with Gasteiger partial charge in [0, 0.05) is 29.2 Å². The van der Waals surface area contributed by atoms with Gasteiger partial charge in [0.1, 0.15) is 11.8 Å². The van der Waals surface area contributed by atoms with Crippen LogP contribution in [0.1, 0.15) is 15.9 Å². The van der Waals surface area contributed by atoms with Crippen molar-refractivity contribution in [1.29, 1.82) is 0 Å². The van der Waals surface area contributed by atoms with E-state index in [4.69, 9.17) is 27.9 Å². The first-order valence-corrected chi connectivity index (χ1v) is 11.0. The Kier molecular flexibility index (Phi) is 6.87. The van der Waals surface area contributed by atoms with Gasteiger partial charge < -0.3 is 20.4 Å². The third-order valence-electron chi connectivity index (χ3n) is 5.26. The SMILES string of the molecule is COc1ccc(NC(=O)[C@H](Cc2c[nH]c3ccccc23)NC(=O)c2ccccc2Cl)cc1Cl. The number of carbonyl (C=O) groups excluding carboxylic acids is 2. The number of rotatable bonds is 7. The van der Waals surface area contributed by atoms with Crippen LogP contribution < -0.4 is 15.4 Å². The molecular weight excluding hydrogens is 461 g/mol. The second-order valence-electron chi connectivity index (χ2n) is 7.41. The summed E-state index contributed by atoms with van der Waals surface area (Å²) in [5.74, 6) is -0.327. The van der Waals surface area contributed by atoms with Gasteiger partial charge in [-0.05, 0) is 42.0 Å². The molecule has 8 heteroatoms. The van der Waals surface area contributed by atoms with E-state index in [1.165, 1.54) is 7.11 Å². The first kappa shape index (κ1) is 22.7. The van der Waals surface area contributed by atoms with Crippen LogP contribution in [-0.4, -0.2) is 29.9 Å². The van der Waals surface area contributed by atoms with Crippen molar-refractivity contribution < 1.29 is 14.3 Å². The van der Waals surface area contributed by atoms with E-state index in [2.05, 4.69) is 15.6 Å².